The smallest absolute Gasteiger partial charge is 0.744 e. The monoisotopic (exact) mass is 902 g/mol. The van der Waals surface area contributed by atoms with Gasteiger partial charge in [0.05, 0.1) is 26.7 Å². The van der Waals surface area contributed by atoms with Crippen LogP contribution < -0.4 is 110 Å². The van der Waals surface area contributed by atoms with Gasteiger partial charge in [0, 0.05) is 28.5 Å². The van der Waals surface area contributed by atoms with Crippen molar-refractivity contribution in [2.45, 2.75) is 14.7 Å². The van der Waals surface area contributed by atoms with E-state index < -0.39 is 53.5 Å². The largest absolute Gasteiger partial charge is 1.00 e. The Labute approximate surface area is 401 Å². The van der Waals surface area contributed by atoms with Gasteiger partial charge >= 0.3 is 94.8 Å². The fourth-order valence-corrected chi connectivity index (χ4v) is 6.44. The molecule has 0 saturated heterocycles. The number of rotatable bonds is 13. The molecule has 0 bridgehead atoms. The van der Waals surface area contributed by atoms with Gasteiger partial charge in [0.25, 0.3) is 0 Å². The van der Waals surface area contributed by atoms with Crippen LogP contribution in [0.2, 0.25) is 5.28 Å². The minimum atomic E-state index is -5.18. The van der Waals surface area contributed by atoms with Crippen LogP contribution in [-0.2, 0) is 29.6 Å². The Hall–Kier alpha value is -2.77. The number of hydrogen-bond acceptors (Lipinski definition) is 21. The number of phenolic OH excluding ortho intramolecular Hbond substituents is 1. The van der Waals surface area contributed by atoms with Gasteiger partial charge in [-0.2, -0.15) is 38.0 Å². The first-order valence-electron chi connectivity index (χ1n) is 14.5. The fraction of sp³-hybridized carbons (Fsp3) is 0. The van der Waals surface area contributed by atoms with E-state index in [4.69, 9.17) is 11.6 Å². The topological polar surface area (TPSA) is 301 Å². The third-order valence-corrected chi connectivity index (χ3v) is 9.37. The predicted octanol–water partition coefficient (Wildman–Crippen LogP) is -3.85. The summed E-state index contributed by atoms with van der Waals surface area (Å²) in [6, 6.07) is 14.3. The van der Waals surface area contributed by atoms with Crippen LogP contribution in [0.4, 0.5) is 54.9 Å². The average molecular weight is 903 g/mol. The van der Waals surface area contributed by atoms with Crippen molar-refractivity contribution in [1.29, 1.82) is 0 Å². The molecule has 0 atom stereocenters. The maximum absolute atomic E-state index is 13.6. The van der Waals surface area contributed by atoms with Crippen LogP contribution in [0.5, 0.6) is 5.75 Å². The van der Waals surface area contributed by atoms with Crippen molar-refractivity contribution in [2.24, 2.45) is 10.2 Å². The summed E-state index contributed by atoms with van der Waals surface area (Å²) in [5.41, 5.74) is -0.548. The van der Waals surface area contributed by atoms with E-state index in [0.717, 1.165) is 36.4 Å². The van der Waals surface area contributed by atoms with E-state index in [1.54, 1.807) is 0 Å². The molecule has 0 unspecified atom stereocenters. The zero-order valence-electron chi connectivity index (χ0n) is 29.5. The molecule has 0 saturated carbocycles. The van der Waals surface area contributed by atoms with Crippen molar-refractivity contribution >= 4 is 101 Å². The van der Waals surface area contributed by atoms with Gasteiger partial charge in [-0.15, -0.1) is 10.2 Å². The SMILES string of the molecule is O=S(=O)([O-])c1cccc(Nc2nc(Cl)nc(Nc3ccc(S(=O)(=O)[O-])c(N=Nc4c(SOO[O-])cc5cc(Nc6cc(F)nc(F)n6)ccc5c4O)c3)n2)c1.[Na+].[Na+].[Na+]. The van der Waals surface area contributed by atoms with Gasteiger partial charge in [0.2, 0.25) is 23.1 Å². The molecule has 0 aliphatic rings. The summed E-state index contributed by atoms with van der Waals surface area (Å²) < 4.78 is 102. The van der Waals surface area contributed by atoms with Crippen molar-refractivity contribution in [3.05, 3.63) is 90.1 Å². The molecule has 284 valence electrons. The number of benzene rings is 4. The molecule has 20 nitrogen and oxygen atoms in total. The number of anilines is 6. The Morgan fingerprint density at radius 3 is 2.05 bits per heavy atom. The maximum atomic E-state index is 13.6. The second-order valence-corrected chi connectivity index (χ2v) is 14.3. The number of phenols is 1. The maximum Gasteiger partial charge on any atom is 1.00 e. The van der Waals surface area contributed by atoms with E-state index in [1.165, 1.54) is 36.4 Å². The molecule has 0 spiro atoms. The van der Waals surface area contributed by atoms with Gasteiger partial charge in [-0.3, -0.25) is 5.04 Å². The van der Waals surface area contributed by atoms with Gasteiger partial charge < -0.3 is 35.4 Å². The summed E-state index contributed by atoms with van der Waals surface area (Å²) in [6.07, 6.45) is -1.32. The Kier molecular flexibility index (Phi) is 18.1. The van der Waals surface area contributed by atoms with Crippen LogP contribution in [0.15, 0.2) is 97.7 Å². The normalized spacial score (nSPS) is 11.3. The number of hydrogen-bond donors (Lipinski definition) is 4. The minimum absolute atomic E-state index is 0. The molecule has 6 rings (SSSR count). The van der Waals surface area contributed by atoms with Crippen molar-refractivity contribution in [1.82, 2.24) is 24.9 Å². The molecular weight excluding hydrogens is 887 g/mol. The summed E-state index contributed by atoms with van der Waals surface area (Å²) in [4.78, 5) is 16.8. The van der Waals surface area contributed by atoms with Crippen LogP contribution in [0.25, 0.3) is 10.8 Å². The number of fused-ring (bicyclic) bond motifs is 1. The van der Waals surface area contributed by atoms with Gasteiger partial charge in [-0.05, 0) is 77.7 Å². The van der Waals surface area contributed by atoms with Crippen LogP contribution in [0.3, 0.4) is 0 Å². The van der Waals surface area contributed by atoms with Crippen molar-refractivity contribution in [3.63, 3.8) is 0 Å². The molecule has 6 aromatic rings. The molecule has 0 fully saturated rings. The third-order valence-electron chi connectivity index (χ3n) is 6.87. The number of nitrogens with zero attached hydrogens (tertiary/aromatic N) is 7. The Morgan fingerprint density at radius 2 is 1.41 bits per heavy atom. The number of halogens is 3. The molecule has 58 heavy (non-hydrogen) atoms. The van der Waals surface area contributed by atoms with E-state index in [9.17, 15) is 45.1 Å². The first-order valence-corrected chi connectivity index (χ1v) is 18.4. The summed E-state index contributed by atoms with van der Waals surface area (Å²) in [5.74, 6) is -2.37. The molecule has 0 radical (unpaired) electrons. The minimum Gasteiger partial charge on any atom is -0.744 e. The van der Waals surface area contributed by atoms with E-state index in [1.807, 2.05) is 0 Å². The first-order chi connectivity index (χ1) is 26.0. The Balaban J connectivity index is 0.00000300. The van der Waals surface area contributed by atoms with E-state index in [0.29, 0.717) is 0 Å². The summed E-state index contributed by atoms with van der Waals surface area (Å²) in [5, 5.41) is 41.2. The standard InChI is InChI=1S/C29H19ClF2N10O10S3.3Na/c30-26-38-28(34-14-2-1-3-17(10-14)54(45,46)47)40-29(39-26)35-16-5-7-21(55(48,49)50)19(11-16)41-42-24-20(53-52-51-44)9-13-8-15(4-6-18(13)25(24)43)33-23-12-22(31)36-27(32)37-23;;;/h1-12,43-44H,(H,33,36,37)(H,45,46,47)(H,48,49,50)(H2,34,35,38,39,40);;;/q;3*+1/p-3. The van der Waals surface area contributed by atoms with Gasteiger partial charge in [-0.1, -0.05) is 6.07 Å². The molecule has 2 aromatic heterocycles. The Morgan fingerprint density at radius 1 is 0.759 bits per heavy atom. The number of aromatic hydroxyl groups is 1. The predicted molar refractivity (Wildman–Crippen MR) is 183 cm³/mol. The van der Waals surface area contributed by atoms with Crippen LogP contribution >= 0.6 is 23.6 Å². The molecule has 0 aliphatic carbocycles. The van der Waals surface area contributed by atoms with Crippen LogP contribution in [0.1, 0.15) is 0 Å². The third kappa shape index (κ3) is 12.9. The van der Waals surface area contributed by atoms with Gasteiger partial charge in [-0.25, -0.2) is 16.8 Å². The molecule has 4 aromatic carbocycles. The number of azo groups is 1. The van der Waals surface area contributed by atoms with Gasteiger partial charge in [0.15, 0.2) is 5.75 Å². The van der Waals surface area contributed by atoms with E-state index >= 15 is 0 Å². The molecule has 4 N–H and O–H groups in total. The molecule has 2 heterocycles. The zero-order valence-corrected chi connectivity index (χ0v) is 38.7. The quantitative estimate of drug-likeness (QED) is 0.0126. The van der Waals surface area contributed by atoms with Crippen molar-refractivity contribution in [2.75, 3.05) is 16.0 Å². The zero-order chi connectivity index (χ0) is 39.5. The number of aromatic nitrogens is 5. The molecule has 0 aliphatic heterocycles. The second-order valence-electron chi connectivity index (χ2n) is 10.5. The van der Waals surface area contributed by atoms with Crippen molar-refractivity contribution in [3.8, 4) is 5.75 Å². The first kappa shape index (κ1) is 49.6. The van der Waals surface area contributed by atoms with Crippen LogP contribution in [0, 0.1) is 12.0 Å². The fourth-order valence-electron chi connectivity index (χ4n) is 4.68. The molecular formula is C29H16ClF2N10Na3O10S3. The average Bonchev–Trinajstić information content (AvgIpc) is 3.09. The summed E-state index contributed by atoms with van der Waals surface area (Å²) in [6.45, 7) is 0. The summed E-state index contributed by atoms with van der Waals surface area (Å²) in [7, 11) is -9.96. The van der Waals surface area contributed by atoms with E-state index in [2.05, 4.69) is 60.5 Å². The van der Waals surface area contributed by atoms with Gasteiger partial charge in [0.1, 0.15) is 37.4 Å². The van der Waals surface area contributed by atoms with Crippen LogP contribution in [-0.4, -0.2) is 56.0 Å². The van der Waals surface area contributed by atoms with Crippen molar-refractivity contribution < 1.29 is 143 Å². The number of nitrogens with one attached hydrogen (secondary N) is 3. The molecule has 0 amide bonds. The Bertz CT molecular complexity index is 2720. The molecule has 29 heteroatoms. The second kappa shape index (κ2) is 21.2. The van der Waals surface area contributed by atoms with E-state index in [-0.39, 0.29) is 162 Å². The summed E-state index contributed by atoms with van der Waals surface area (Å²) >= 11 is 6.32.